The minimum absolute atomic E-state index is 0.0270. The Kier molecular flexibility index (Phi) is 6.05. The molecule has 0 radical (unpaired) electrons. The molecule has 0 aliphatic heterocycles. The van der Waals surface area contributed by atoms with Gasteiger partial charge in [0, 0.05) is 12.0 Å². The third-order valence-electron chi connectivity index (χ3n) is 3.46. The van der Waals surface area contributed by atoms with Gasteiger partial charge in [0.15, 0.2) is 0 Å². The van der Waals surface area contributed by atoms with Crippen molar-refractivity contribution < 1.29 is 19.1 Å². The maximum atomic E-state index is 13.4. The molecule has 2 amide bonds. The lowest BCUT2D eigenvalue weighted by Gasteiger charge is -2.33. The van der Waals surface area contributed by atoms with Gasteiger partial charge in [0.1, 0.15) is 5.82 Å². The summed E-state index contributed by atoms with van der Waals surface area (Å²) in [6.07, 6.45) is -0.623. The first-order valence-electron chi connectivity index (χ1n) is 7.17. The number of rotatable bonds is 5. The van der Waals surface area contributed by atoms with Gasteiger partial charge in [-0.2, -0.15) is 0 Å². The van der Waals surface area contributed by atoms with Gasteiger partial charge in [-0.1, -0.05) is 39.8 Å². The van der Waals surface area contributed by atoms with Gasteiger partial charge in [0.05, 0.1) is 11.8 Å². The Hall–Kier alpha value is -1.95. The van der Waals surface area contributed by atoms with Gasteiger partial charge in [-0.25, -0.2) is 4.39 Å². The highest BCUT2D eigenvalue weighted by Gasteiger charge is 2.31. The van der Waals surface area contributed by atoms with E-state index in [9.17, 15) is 19.1 Å². The molecule has 1 aromatic carbocycles. The van der Waals surface area contributed by atoms with Crippen LogP contribution in [0.2, 0.25) is 0 Å². The van der Waals surface area contributed by atoms with Crippen LogP contribution in [-0.2, 0) is 9.59 Å². The van der Waals surface area contributed by atoms with E-state index in [0.717, 1.165) is 0 Å². The Morgan fingerprint density at radius 1 is 1.23 bits per heavy atom. The summed E-state index contributed by atoms with van der Waals surface area (Å²) in [4.78, 5) is 23.5. The number of hydrogen-bond acceptors (Lipinski definition) is 3. The predicted octanol–water partition coefficient (Wildman–Crippen LogP) is 1.92. The molecule has 0 saturated heterocycles. The molecule has 0 aliphatic rings. The third kappa shape index (κ3) is 4.80. The fourth-order valence-corrected chi connectivity index (χ4v) is 2.14. The average Bonchev–Trinajstić information content (AvgIpc) is 2.46. The zero-order valence-corrected chi connectivity index (χ0v) is 13.3. The number of halogens is 1. The first-order chi connectivity index (χ1) is 10.1. The van der Waals surface area contributed by atoms with Crippen LogP contribution in [0, 0.1) is 17.2 Å². The Balaban J connectivity index is 2.59. The van der Waals surface area contributed by atoms with Crippen molar-refractivity contribution in [3.63, 3.8) is 0 Å². The van der Waals surface area contributed by atoms with Crippen molar-refractivity contribution in [3.8, 4) is 0 Å². The van der Waals surface area contributed by atoms with Crippen LogP contribution in [0.15, 0.2) is 24.3 Å². The molecule has 1 aromatic rings. The highest BCUT2D eigenvalue weighted by Crippen LogP contribution is 2.25. The van der Waals surface area contributed by atoms with Gasteiger partial charge < -0.3 is 15.7 Å². The zero-order chi connectivity index (χ0) is 16.9. The molecule has 0 heterocycles. The van der Waals surface area contributed by atoms with Crippen LogP contribution in [0.5, 0.6) is 0 Å². The fraction of sp³-hybridized carbons (Fsp3) is 0.500. The van der Waals surface area contributed by atoms with Crippen molar-refractivity contribution >= 4 is 17.5 Å². The van der Waals surface area contributed by atoms with Crippen molar-refractivity contribution in [3.05, 3.63) is 30.1 Å². The number of carbonyl (C=O) groups excluding carboxylic acids is 2. The van der Waals surface area contributed by atoms with Gasteiger partial charge in [0.25, 0.3) is 0 Å². The number of aliphatic hydroxyl groups excluding tert-OH is 1. The molecule has 0 aliphatic carbocycles. The lowest BCUT2D eigenvalue weighted by molar-refractivity contribution is -0.136. The average molecular weight is 310 g/mol. The van der Waals surface area contributed by atoms with Crippen LogP contribution in [0.4, 0.5) is 10.1 Å². The van der Waals surface area contributed by atoms with Gasteiger partial charge in [-0.3, -0.25) is 9.59 Å². The highest BCUT2D eigenvalue weighted by molar-refractivity contribution is 6.39. The molecule has 22 heavy (non-hydrogen) atoms. The lowest BCUT2D eigenvalue weighted by Crippen LogP contribution is -2.46. The summed E-state index contributed by atoms with van der Waals surface area (Å²) < 4.78 is 13.4. The molecule has 0 spiro atoms. The number of carbonyl (C=O) groups is 2. The third-order valence-corrected chi connectivity index (χ3v) is 3.46. The second-order valence-electron chi connectivity index (χ2n) is 6.29. The van der Waals surface area contributed by atoms with Crippen LogP contribution < -0.4 is 10.6 Å². The number of benzene rings is 1. The molecule has 122 valence electrons. The van der Waals surface area contributed by atoms with Crippen molar-refractivity contribution in [1.82, 2.24) is 5.32 Å². The number of amides is 2. The minimum Gasteiger partial charge on any atom is -0.392 e. The summed E-state index contributed by atoms with van der Waals surface area (Å²) >= 11 is 0. The highest BCUT2D eigenvalue weighted by atomic mass is 19.1. The first-order valence-corrected chi connectivity index (χ1v) is 7.17. The van der Waals surface area contributed by atoms with Crippen molar-refractivity contribution in [2.75, 3.05) is 11.9 Å². The molecule has 5 nitrogen and oxygen atoms in total. The molecule has 6 heteroatoms. The van der Waals surface area contributed by atoms with Gasteiger partial charge in [-0.05, 0) is 18.1 Å². The van der Waals surface area contributed by atoms with Gasteiger partial charge in [0.2, 0.25) is 0 Å². The van der Waals surface area contributed by atoms with E-state index in [-0.39, 0.29) is 18.2 Å². The van der Waals surface area contributed by atoms with E-state index in [1.165, 1.54) is 18.2 Å². The molecular weight excluding hydrogens is 287 g/mol. The summed E-state index contributed by atoms with van der Waals surface area (Å²) in [5.74, 6) is -2.40. The van der Waals surface area contributed by atoms with E-state index in [1.54, 1.807) is 19.9 Å². The molecule has 0 aromatic heterocycles. The van der Waals surface area contributed by atoms with Crippen molar-refractivity contribution in [2.45, 2.75) is 33.8 Å². The minimum atomic E-state index is -0.945. The summed E-state index contributed by atoms with van der Waals surface area (Å²) in [6.45, 7) is 7.48. The van der Waals surface area contributed by atoms with Crippen LogP contribution in [-0.4, -0.2) is 29.6 Å². The van der Waals surface area contributed by atoms with Crippen molar-refractivity contribution in [2.24, 2.45) is 11.3 Å². The maximum absolute atomic E-state index is 13.4. The van der Waals surface area contributed by atoms with Crippen LogP contribution in [0.25, 0.3) is 0 Å². The number of para-hydroxylation sites is 1. The molecule has 1 unspecified atom stereocenters. The lowest BCUT2D eigenvalue weighted by atomic mass is 9.81. The van der Waals surface area contributed by atoms with Crippen LogP contribution >= 0.6 is 0 Å². The number of aliphatic hydroxyl groups is 1. The first kappa shape index (κ1) is 18.1. The van der Waals surface area contributed by atoms with Gasteiger partial charge in [-0.15, -0.1) is 0 Å². The topological polar surface area (TPSA) is 78.4 Å². The molecule has 1 atom stereocenters. The predicted molar refractivity (Wildman–Crippen MR) is 82.7 cm³/mol. The Bertz CT molecular complexity index is 544. The number of anilines is 1. The summed E-state index contributed by atoms with van der Waals surface area (Å²) in [5.41, 5.74) is -0.633. The molecule has 0 saturated carbocycles. The van der Waals surface area contributed by atoms with E-state index in [0.29, 0.717) is 0 Å². The van der Waals surface area contributed by atoms with Crippen LogP contribution in [0.1, 0.15) is 27.7 Å². The van der Waals surface area contributed by atoms with Crippen LogP contribution in [0.3, 0.4) is 0 Å². The van der Waals surface area contributed by atoms with E-state index in [2.05, 4.69) is 10.6 Å². The summed E-state index contributed by atoms with van der Waals surface area (Å²) in [7, 11) is 0. The Morgan fingerprint density at radius 3 is 2.36 bits per heavy atom. The van der Waals surface area contributed by atoms with E-state index >= 15 is 0 Å². The van der Waals surface area contributed by atoms with Crippen molar-refractivity contribution in [1.29, 1.82) is 0 Å². The SMILES string of the molecule is CC(C)C(O)C(C)(C)CNC(=O)C(=O)Nc1ccccc1F. The zero-order valence-electron chi connectivity index (χ0n) is 13.3. The second kappa shape index (κ2) is 7.35. The monoisotopic (exact) mass is 310 g/mol. The second-order valence-corrected chi connectivity index (χ2v) is 6.29. The van der Waals surface area contributed by atoms with Gasteiger partial charge >= 0.3 is 11.8 Å². The Morgan fingerprint density at radius 2 is 1.82 bits per heavy atom. The van der Waals surface area contributed by atoms with E-state index < -0.39 is 29.2 Å². The molecule has 0 bridgehead atoms. The molecular formula is C16H23FN2O3. The molecule has 0 fully saturated rings. The molecule has 1 rings (SSSR count). The Labute approximate surface area is 129 Å². The summed E-state index contributed by atoms with van der Waals surface area (Å²) in [5, 5.41) is 14.8. The molecule has 3 N–H and O–H groups in total. The largest absolute Gasteiger partial charge is 0.392 e. The standard InChI is InChI=1S/C16H23FN2O3/c1-10(2)13(20)16(3,4)9-18-14(21)15(22)19-12-8-6-5-7-11(12)17/h5-8,10,13,20H,9H2,1-4H3,(H,18,21)(H,19,22). The fourth-order valence-electron chi connectivity index (χ4n) is 2.14. The number of hydrogen-bond donors (Lipinski definition) is 3. The summed E-state index contributed by atoms with van der Waals surface area (Å²) in [6, 6.07) is 5.60. The quantitative estimate of drug-likeness (QED) is 0.727. The maximum Gasteiger partial charge on any atom is 0.313 e. The smallest absolute Gasteiger partial charge is 0.313 e. The van der Waals surface area contributed by atoms with E-state index in [4.69, 9.17) is 0 Å². The number of nitrogens with one attached hydrogen (secondary N) is 2. The van der Waals surface area contributed by atoms with E-state index in [1.807, 2.05) is 13.8 Å². The normalized spacial score (nSPS) is 12.9.